The topological polar surface area (TPSA) is 72.7 Å². The maximum Gasteiger partial charge on any atom is 0.195 e. The number of ether oxygens (including phenoxy) is 2. The average Bonchev–Trinajstić information content (AvgIpc) is 3.15. The van der Waals surface area contributed by atoms with Crippen molar-refractivity contribution in [3.05, 3.63) is 72.3 Å². The zero-order chi connectivity index (χ0) is 19.9. The van der Waals surface area contributed by atoms with E-state index >= 15 is 0 Å². The van der Waals surface area contributed by atoms with E-state index in [-0.39, 0.29) is 24.0 Å². The first-order valence-electron chi connectivity index (χ1n) is 9.71. The summed E-state index contributed by atoms with van der Waals surface area (Å²) in [6.07, 6.45) is 6.47. The Labute approximate surface area is 193 Å². The molecule has 0 radical (unpaired) electrons. The molecule has 0 saturated carbocycles. The molecule has 0 bridgehead atoms. The van der Waals surface area contributed by atoms with Crippen LogP contribution in [0.5, 0.6) is 11.5 Å². The van der Waals surface area contributed by atoms with E-state index in [1.165, 1.54) is 11.1 Å². The van der Waals surface area contributed by atoms with Gasteiger partial charge in [0.25, 0.3) is 0 Å². The number of imidazole rings is 1. The highest BCUT2D eigenvalue weighted by atomic mass is 127. The third-order valence-corrected chi connectivity index (χ3v) is 4.64. The van der Waals surface area contributed by atoms with E-state index in [0.29, 0.717) is 25.7 Å². The third-order valence-electron chi connectivity index (χ3n) is 4.64. The lowest BCUT2D eigenvalue weighted by Gasteiger charge is -2.14. The van der Waals surface area contributed by atoms with Crippen molar-refractivity contribution in [1.82, 2.24) is 14.9 Å². The molecule has 1 aromatic heterocycles. The monoisotopic (exact) mass is 519 g/mol. The van der Waals surface area contributed by atoms with Crippen LogP contribution in [-0.2, 0) is 13.1 Å². The molecular weight excluding hydrogens is 493 g/mol. The molecule has 3 aromatic rings. The lowest BCUT2D eigenvalue weighted by Crippen LogP contribution is -2.30. The molecule has 7 nitrogen and oxygen atoms in total. The fourth-order valence-corrected chi connectivity index (χ4v) is 3.10. The summed E-state index contributed by atoms with van der Waals surface area (Å²) in [5.41, 5.74) is 3.32. The molecule has 2 N–H and O–H groups in total. The second-order valence-electron chi connectivity index (χ2n) is 6.81. The zero-order valence-corrected chi connectivity index (χ0v) is 19.2. The Morgan fingerprint density at radius 3 is 2.57 bits per heavy atom. The van der Waals surface area contributed by atoms with Gasteiger partial charge >= 0.3 is 0 Å². The van der Waals surface area contributed by atoms with Crippen molar-refractivity contribution >= 4 is 35.6 Å². The van der Waals surface area contributed by atoms with E-state index in [4.69, 9.17) is 9.47 Å². The summed E-state index contributed by atoms with van der Waals surface area (Å²) in [7, 11) is 1.76. The summed E-state index contributed by atoms with van der Waals surface area (Å²) >= 11 is 0. The number of benzene rings is 2. The summed E-state index contributed by atoms with van der Waals surface area (Å²) in [5, 5.41) is 6.65. The van der Waals surface area contributed by atoms with Crippen LogP contribution < -0.4 is 20.1 Å². The third kappa shape index (κ3) is 5.88. The number of aliphatic imine (C=N–C) groups is 1. The van der Waals surface area contributed by atoms with Crippen molar-refractivity contribution in [3.8, 4) is 11.5 Å². The molecule has 0 atom stereocenters. The van der Waals surface area contributed by atoms with Gasteiger partial charge in [-0.05, 0) is 23.3 Å². The quantitative estimate of drug-likeness (QED) is 0.304. The van der Waals surface area contributed by atoms with Gasteiger partial charge in [0.1, 0.15) is 0 Å². The standard InChI is InChI=1S/C22H25N5O2.HI/c1-23-22(26-19-7-8-20-21(13-19)29-12-2-11-28-20)25-14-17-3-5-18(6-4-17)15-27-10-9-24-16-27;/h3-10,13,16H,2,11-12,14-15H2,1H3,(H2,23,25,26);1H. The summed E-state index contributed by atoms with van der Waals surface area (Å²) in [4.78, 5) is 8.38. The predicted molar refractivity (Wildman–Crippen MR) is 129 cm³/mol. The van der Waals surface area contributed by atoms with Crippen molar-refractivity contribution in [3.63, 3.8) is 0 Å². The normalized spacial score (nSPS) is 13.2. The van der Waals surface area contributed by atoms with Crippen LogP contribution in [0.15, 0.2) is 66.2 Å². The Balaban J connectivity index is 0.00000256. The van der Waals surface area contributed by atoms with Gasteiger partial charge in [0.15, 0.2) is 17.5 Å². The van der Waals surface area contributed by atoms with Crippen LogP contribution in [0.1, 0.15) is 17.5 Å². The number of halogens is 1. The largest absolute Gasteiger partial charge is 0.490 e. The van der Waals surface area contributed by atoms with Gasteiger partial charge in [-0.25, -0.2) is 4.98 Å². The van der Waals surface area contributed by atoms with Gasteiger partial charge in [-0.15, -0.1) is 24.0 Å². The fourth-order valence-electron chi connectivity index (χ4n) is 3.10. The fraction of sp³-hybridized carbons (Fsp3) is 0.273. The van der Waals surface area contributed by atoms with Crippen LogP contribution in [-0.4, -0.2) is 35.8 Å². The van der Waals surface area contributed by atoms with Gasteiger partial charge in [0, 0.05) is 50.7 Å². The van der Waals surface area contributed by atoms with Crippen LogP contribution >= 0.6 is 24.0 Å². The number of aromatic nitrogens is 2. The number of anilines is 1. The molecule has 0 spiro atoms. The molecule has 0 saturated heterocycles. The van der Waals surface area contributed by atoms with Crippen LogP contribution in [0.3, 0.4) is 0 Å². The molecule has 1 aliphatic heterocycles. The van der Waals surface area contributed by atoms with Crippen molar-refractivity contribution in [2.75, 3.05) is 25.6 Å². The molecule has 0 unspecified atom stereocenters. The lowest BCUT2D eigenvalue weighted by atomic mass is 10.1. The summed E-state index contributed by atoms with van der Waals surface area (Å²) in [5.74, 6) is 2.24. The van der Waals surface area contributed by atoms with E-state index < -0.39 is 0 Å². The van der Waals surface area contributed by atoms with Gasteiger partial charge in [-0.1, -0.05) is 24.3 Å². The smallest absolute Gasteiger partial charge is 0.195 e. The highest BCUT2D eigenvalue weighted by Crippen LogP contribution is 2.32. The number of rotatable bonds is 5. The van der Waals surface area contributed by atoms with Gasteiger partial charge < -0.3 is 24.7 Å². The van der Waals surface area contributed by atoms with Gasteiger partial charge in [-0.3, -0.25) is 4.99 Å². The van der Waals surface area contributed by atoms with Crippen LogP contribution in [0.2, 0.25) is 0 Å². The van der Waals surface area contributed by atoms with Crippen molar-refractivity contribution in [1.29, 1.82) is 0 Å². The number of fused-ring (bicyclic) bond motifs is 1. The molecule has 158 valence electrons. The number of hydrogen-bond donors (Lipinski definition) is 2. The minimum atomic E-state index is 0. The Bertz CT molecular complexity index is 958. The highest BCUT2D eigenvalue weighted by Gasteiger charge is 2.11. The van der Waals surface area contributed by atoms with Gasteiger partial charge in [0.05, 0.1) is 19.5 Å². The van der Waals surface area contributed by atoms with E-state index in [2.05, 4.69) is 44.9 Å². The van der Waals surface area contributed by atoms with Gasteiger partial charge in [0.2, 0.25) is 0 Å². The average molecular weight is 519 g/mol. The Hall–Kier alpha value is -2.75. The number of nitrogens with zero attached hydrogens (tertiary/aromatic N) is 3. The van der Waals surface area contributed by atoms with Crippen molar-refractivity contribution < 1.29 is 9.47 Å². The molecule has 2 heterocycles. The minimum Gasteiger partial charge on any atom is -0.490 e. The highest BCUT2D eigenvalue weighted by molar-refractivity contribution is 14.0. The van der Waals surface area contributed by atoms with E-state index in [1.54, 1.807) is 13.2 Å². The first-order chi connectivity index (χ1) is 14.3. The molecule has 4 rings (SSSR count). The second-order valence-corrected chi connectivity index (χ2v) is 6.81. The predicted octanol–water partition coefficient (Wildman–Crippen LogP) is 3.90. The summed E-state index contributed by atoms with van der Waals surface area (Å²) in [6, 6.07) is 14.4. The van der Waals surface area contributed by atoms with Crippen LogP contribution in [0.4, 0.5) is 5.69 Å². The Kier molecular flexibility index (Phi) is 7.95. The summed E-state index contributed by atoms with van der Waals surface area (Å²) < 4.78 is 13.5. The molecule has 0 amide bonds. The first kappa shape index (κ1) is 21.9. The molecule has 0 aliphatic carbocycles. The molecular formula is C22H26IN5O2. The van der Waals surface area contributed by atoms with Crippen molar-refractivity contribution in [2.24, 2.45) is 4.99 Å². The minimum absolute atomic E-state index is 0. The van der Waals surface area contributed by atoms with Crippen molar-refractivity contribution in [2.45, 2.75) is 19.5 Å². The Morgan fingerprint density at radius 2 is 1.83 bits per heavy atom. The maximum absolute atomic E-state index is 5.75. The molecule has 1 aliphatic rings. The van der Waals surface area contributed by atoms with E-state index in [0.717, 1.165) is 30.2 Å². The van der Waals surface area contributed by atoms with E-state index in [1.807, 2.05) is 35.3 Å². The SMILES string of the molecule is CN=C(NCc1ccc(Cn2ccnc2)cc1)Nc1ccc2c(c1)OCCCO2.I. The zero-order valence-electron chi connectivity index (χ0n) is 16.9. The van der Waals surface area contributed by atoms with Gasteiger partial charge in [-0.2, -0.15) is 0 Å². The summed E-state index contributed by atoms with van der Waals surface area (Å²) in [6.45, 7) is 2.85. The number of nitrogens with one attached hydrogen (secondary N) is 2. The Morgan fingerprint density at radius 1 is 1.07 bits per heavy atom. The lowest BCUT2D eigenvalue weighted by molar-refractivity contribution is 0.297. The van der Waals surface area contributed by atoms with E-state index in [9.17, 15) is 0 Å². The number of guanidine groups is 1. The molecule has 2 aromatic carbocycles. The number of hydrogen-bond acceptors (Lipinski definition) is 4. The molecule has 0 fully saturated rings. The van der Waals surface area contributed by atoms with Crippen LogP contribution in [0.25, 0.3) is 0 Å². The molecule has 8 heteroatoms. The maximum atomic E-state index is 5.75. The first-order valence-corrected chi connectivity index (χ1v) is 9.71. The van der Waals surface area contributed by atoms with Crippen LogP contribution in [0, 0.1) is 0 Å². The molecule has 30 heavy (non-hydrogen) atoms. The second kappa shape index (κ2) is 10.9.